The molecule has 0 aliphatic carbocycles. The Morgan fingerprint density at radius 1 is 1.60 bits per heavy atom. The molecule has 1 aliphatic heterocycles. The van der Waals surface area contributed by atoms with Gasteiger partial charge in [-0.15, -0.1) is 0 Å². The molecule has 5 nitrogen and oxygen atoms in total. The highest BCUT2D eigenvalue weighted by atomic mass is 16.5. The lowest BCUT2D eigenvalue weighted by Gasteiger charge is -2.03. The van der Waals surface area contributed by atoms with Gasteiger partial charge in [0.1, 0.15) is 0 Å². The van der Waals surface area contributed by atoms with E-state index < -0.39 is 0 Å². The van der Waals surface area contributed by atoms with Crippen LogP contribution < -0.4 is 0 Å². The fourth-order valence-corrected chi connectivity index (χ4v) is 0.783. The number of likely N-dealkylation sites (tertiary alicyclic amines) is 1. The minimum absolute atomic E-state index is 0.245. The number of hydrogen-bond donors (Lipinski definition) is 1. The van der Waals surface area contributed by atoms with Crippen molar-refractivity contribution in [2.75, 3.05) is 27.3 Å². The average molecular weight is 219 g/mol. The van der Waals surface area contributed by atoms with E-state index >= 15 is 0 Å². The molecule has 0 aromatic rings. The van der Waals surface area contributed by atoms with Crippen LogP contribution in [0, 0.1) is 0 Å². The maximum Gasteiger partial charge on any atom is 0.302 e. The molecule has 90 valence electrons. The van der Waals surface area contributed by atoms with Crippen molar-refractivity contribution in [3.8, 4) is 0 Å². The normalized spacial score (nSPS) is 13.4. The summed E-state index contributed by atoms with van der Waals surface area (Å²) < 4.78 is 4.11. The highest BCUT2D eigenvalue weighted by Gasteiger charge is 2.14. The highest BCUT2D eigenvalue weighted by Crippen LogP contribution is 2.04. The zero-order valence-electron chi connectivity index (χ0n) is 9.95. The number of rotatable bonds is 0. The van der Waals surface area contributed by atoms with Crippen LogP contribution in [-0.2, 0) is 14.3 Å². The summed E-state index contributed by atoms with van der Waals surface area (Å²) in [5, 5.41) is 7.57. The molecule has 0 radical (unpaired) electrons. The zero-order valence-corrected chi connectivity index (χ0v) is 9.95. The Morgan fingerprint density at radius 3 is 2.07 bits per heavy atom. The van der Waals surface area contributed by atoms with Gasteiger partial charge in [0.2, 0.25) is 5.91 Å². The summed E-state index contributed by atoms with van der Waals surface area (Å²) in [5.41, 5.74) is 0. The molecule has 0 atom stereocenters. The first-order valence-electron chi connectivity index (χ1n) is 4.88. The van der Waals surface area contributed by atoms with E-state index in [0.717, 1.165) is 19.4 Å². The van der Waals surface area contributed by atoms with Crippen LogP contribution in [0.4, 0.5) is 0 Å². The lowest BCUT2D eigenvalue weighted by atomic mass is 10.4. The van der Waals surface area contributed by atoms with Crippen LogP contribution in [0.5, 0.6) is 0 Å². The molecule has 0 unspecified atom stereocenters. The fraction of sp³-hybridized carbons (Fsp3) is 0.800. The van der Waals surface area contributed by atoms with Crippen LogP contribution in [0.25, 0.3) is 0 Å². The van der Waals surface area contributed by atoms with Gasteiger partial charge in [0.05, 0.1) is 7.11 Å². The van der Waals surface area contributed by atoms with Gasteiger partial charge in [0, 0.05) is 33.5 Å². The van der Waals surface area contributed by atoms with Crippen molar-refractivity contribution in [2.24, 2.45) is 0 Å². The highest BCUT2D eigenvalue weighted by molar-refractivity contribution is 5.77. The number of methoxy groups -OCH3 is 1. The number of hydrogen-bond acceptors (Lipinski definition) is 4. The predicted molar refractivity (Wildman–Crippen MR) is 57.3 cm³/mol. The van der Waals surface area contributed by atoms with Crippen LogP contribution in [0.2, 0.25) is 0 Å². The maximum absolute atomic E-state index is 10.5. The number of nitrogens with zero attached hydrogens (tertiary/aromatic N) is 1. The minimum Gasteiger partial charge on any atom is -0.469 e. The van der Waals surface area contributed by atoms with Crippen molar-refractivity contribution in [1.29, 1.82) is 0 Å². The monoisotopic (exact) mass is 219 g/mol. The van der Waals surface area contributed by atoms with Crippen molar-refractivity contribution in [1.82, 2.24) is 4.90 Å². The van der Waals surface area contributed by atoms with Crippen LogP contribution in [-0.4, -0.2) is 49.2 Å². The molecule has 0 spiro atoms. The summed E-state index contributed by atoms with van der Waals surface area (Å²) in [6.07, 6.45) is 1.81. The molecule has 0 aromatic carbocycles. The molecular weight excluding hydrogens is 198 g/mol. The Balaban J connectivity index is 0. The number of carbonyl (C=O) groups is 2. The summed E-state index contributed by atoms with van der Waals surface area (Å²) in [5.74, 6) is 0.0463. The molecule has 0 bridgehead atoms. The van der Waals surface area contributed by atoms with Gasteiger partial charge >= 0.3 is 5.97 Å². The van der Waals surface area contributed by atoms with E-state index in [1.54, 1.807) is 11.8 Å². The lowest BCUT2D eigenvalue weighted by molar-refractivity contribution is -0.138. The molecular formula is C10H21NO4. The Hall–Kier alpha value is -1.10. The number of aliphatic hydroxyl groups is 1. The van der Waals surface area contributed by atoms with Crippen molar-refractivity contribution >= 4 is 11.9 Å². The van der Waals surface area contributed by atoms with Crippen LogP contribution >= 0.6 is 0 Å². The summed E-state index contributed by atoms with van der Waals surface area (Å²) in [7, 11) is 3.19. The summed E-state index contributed by atoms with van der Waals surface area (Å²) in [6.45, 7) is 4.25. The molecule has 1 heterocycles. The van der Waals surface area contributed by atoms with Crippen molar-refractivity contribution in [3.63, 3.8) is 0 Å². The topological polar surface area (TPSA) is 66.8 Å². The average Bonchev–Trinajstić information content (AvgIpc) is 2.53. The van der Waals surface area contributed by atoms with E-state index in [9.17, 15) is 9.59 Å². The first-order chi connectivity index (χ1) is 6.99. The number of ether oxygens (including phenoxy) is 1. The summed E-state index contributed by atoms with van der Waals surface area (Å²) in [4.78, 5) is 21.9. The molecule has 1 rings (SSSR count). The molecule has 5 heteroatoms. The van der Waals surface area contributed by atoms with Gasteiger partial charge < -0.3 is 14.7 Å². The van der Waals surface area contributed by atoms with Crippen molar-refractivity contribution in [3.05, 3.63) is 0 Å². The molecule has 1 aliphatic rings. The Morgan fingerprint density at radius 2 is 2.00 bits per heavy atom. The quantitative estimate of drug-likeness (QED) is 0.599. The van der Waals surface area contributed by atoms with Crippen LogP contribution in [0.15, 0.2) is 0 Å². The van der Waals surface area contributed by atoms with Crippen LogP contribution in [0.3, 0.4) is 0 Å². The van der Waals surface area contributed by atoms with E-state index in [0.29, 0.717) is 5.91 Å². The molecule has 1 fully saturated rings. The second kappa shape index (κ2) is 11.0. The van der Waals surface area contributed by atoms with Gasteiger partial charge in [0.25, 0.3) is 0 Å². The number of esters is 1. The largest absolute Gasteiger partial charge is 0.469 e. The number of amides is 1. The number of carbonyl (C=O) groups excluding carboxylic acids is 2. The zero-order chi connectivity index (χ0) is 12.3. The van der Waals surface area contributed by atoms with Crippen molar-refractivity contribution < 1.29 is 19.4 Å². The maximum atomic E-state index is 10.5. The third kappa shape index (κ3) is 12.9. The first-order valence-corrected chi connectivity index (χ1v) is 4.88. The summed E-state index contributed by atoms with van der Waals surface area (Å²) >= 11 is 0. The predicted octanol–water partition coefficient (Wildman–Crippen LogP) is 0.416. The van der Waals surface area contributed by atoms with E-state index in [-0.39, 0.29) is 12.6 Å². The molecule has 1 saturated heterocycles. The van der Waals surface area contributed by atoms with Crippen LogP contribution in [0.1, 0.15) is 26.7 Å². The Kier molecular flexibility index (Phi) is 12.0. The van der Waals surface area contributed by atoms with Gasteiger partial charge in [0.15, 0.2) is 0 Å². The van der Waals surface area contributed by atoms with Gasteiger partial charge in [-0.25, -0.2) is 0 Å². The smallest absolute Gasteiger partial charge is 0.302 e. The van der Waals surface area contributed by atoms with Gasteiger partial charge in [-0.05, 0) is 13.3 Å². The molecule has 1 amide bonds. The number of aliphatic hydroxyl groups excluding tert-OH is 1. The van der Waals surface area contributed by atoms with E-state index in [1.807, 2.05) is 7.05 Å². The van der Waals surface area contributed by atoms with E-state index in [4.69, 9.17) is 5.11 Å². The first kappa shape index (κ1) is 16.3. The Labute approximate surface area is 91.0 Å². The molecule has 0 saturated carbocycles. The van der Waals surface area contributed by atoms with Crippen molar-refractivity contribution in [2.45, 2.75) is 26.7 Å². The minimum atomic E-state index is -0.245. The molecule has 0 aromatic heterocycles. The Bertz CT molecular complexity index is 182. The third-order valence-electron chi connectivity index (χ3n) is 1.60. The SMILES string of the molecule is CCO.CN1CCCC1=O.COC(C)=O. The second-order valence-corrected chi connectivity index (χ2v) is 2.93. The van der Waals surface area contributed by atoms with Gasteiger partial charge in [-0.2, -0.15) is 0 Å². The standard InChI is InChI=1S/C5H9NO.C3H6O2.C2H6O/c1-6-4-2-3-5(6)7;1-3(4)5-2;1-2-3/h2-4H2,1H3;1-2H3;3H,2H2,1H3. The van der Waals surface area contributed by atoms with Gasteiger partial charge in [-0.3, -0.25) is 9.59 Å². The lowest BCUT2D eigenvalue weighted by Crippen LogP contribution is -2.17. The molecule has 15 heavy (non-hydrogen) atoms. The second-order valence-electron chi connectivity index (χ2n) is 2.93. The summed E-state index contributed by atoms with van der Waals surface area (Å²) in [6, 6.07) is 0. The van der Waals surface area contributed by atoms with Gasteiger partial charge in [-0.1, -0.05) is 0 Å². The van der Waals surface area contributed by atoms with E-state index in [1.165, 1.54) is 14.0 Å². The third-order valence-corrected chi connectivity index (χ3v) is 1.60. The fourth-order valence-electron chi connectivity index (χ4n) is 0.783. The van der Waals surface area contributed by atoms with E-state index in [2.05, 4.69) is 4.74 Å². The molecule has 1 N–H and O–H groups in total.